The van der Waals surface area contributed by atoms with Gasteiger partial charge in [0.1, 0.15) is 18.0 Å². The molecular weight excluding hydrogens is 466 g/mol. The molecule has 2 aromatic carbocycles. The highest BCUT2D eigenvalue weighted by molar-refractivity contribution is 6.01. The molecule has 196 valence electrons. The number of amides is 1. The smallest absolute Gasteiger partial charge is 0.411 e. The lowest BCUT2D eigenvalue weighted by molar-refractivity contribution is 0.0854. The van der Waals surface area contributed by atoms with Crippen LogP contribution in [-0.2, 0) is 9.47 Å². The Kier molecular flexibility index (Phi) is 6.72. The average molecular weight is 504 g/mol. The van der Waals surface area contributed by atoms with Crippen molar-refractivity contribution < 1.29 is 19.0 Å². The van der Waals surface area contributed by atoms with Crippen LogP contribution in [0.25, 0.3) is 22.2 Å². The van der Waals surface area contributed by atoms with Crippen molar-refractivity contribution in [1.82, 2.24) is 4.57 Å². The third-order valence-electron chi connectivity index (χ3n) is 8.41. The molecule has 0 spiro atoms. The van der Waals surface area contributed by atoms with Crippen LogP contribution in [0.3, 0.4) is 0 Å². The summed E-state index contributed by atoms with van der Waals surface area (Å²) in [6.07, 6.45) is 8.82. The van der Waals surface area contributed by atoms with E-state index < -0.39 is 6.09 Å². The van der Waals surface area contributed by atoms with E-state index in [1.54, 1.807) is 0 Å². The van der Waals surface area contributed by atoms with Gasteiger partial charge in [0.05, 0.1) is 30.1 Å². The summed E-state index contributed by atoms with van der Waals surface area (Å²) in [7, 11) is 0. The van der Waals surface area contributed by atoms with Crippen molar-refractivity contribution in [2.24, 2.45) is 5.92 Å². The van der Waals surface area contributed by atoms with Crippen LogP contribution in [0.15, 0.2) is 42.5 Å². The van der Waals surface area contributed by atoms with Crippen molar-refractivity contribution in [3.05, 3.63) is 42.5 Å². The molecule has 7 nitrogen and oxygen atoms in total. The molecule has 37 heavy (non-hydrogen) atoms. The lowest BCUT2D eigenvalue weighted by Crippen LogP contribution is -2.25. The van der Waals surface area contributed by atoms with Crippen molar-refractivity contribution in [3.8, 4) is 17.0 Å². The quantitative estimate of drug-likeness (QED) is 0.366. The van der Waals surface area contributed by atoms with Gasteiger partial charge in [0.25, 0.3) is 0 Å². The number of fused-ring (bicyclic) bond motifs is 1. The first kappa shape index (κ1) is 24.2. The van der Waals surface area contributed by atoms with E-state index in [2.05, 4.69) is 22.0 Å². The fourth-order valence-corrected chi connectivity index (χ4v) is 6.06. The van der Waals surface area contributed by atoms with Gasteiger partial charge in [0, 0.05) is 35.2 Å². The maximum absolute atomic E-state index is 12.5. The molecule has 6 rings (SSSR count). The molecule has 3 fully saturated rings. The highest BCUT2D eigenvalue weighted by Crippen LogP contribution is 2.45. The van der Waals surface area contributed by atoms with Gasteiger partial charge in [-0.15, -0.1) is 0 Å². The van der Waals surface area contributed by atoms with Crippen LogP contribution in [0.5, 0.6) is 5.75 Å². The summed E-state index contributed by atoms with van der Waals surface area (Å²) in [5.41, 5.74) is 11.4. The number of nitrogens with zero attached hydrogens (tertiary/aromatic N) is 1. The second-order valence-corrected chi connectivity index (χ2v) is 10.9. The largest absolute Gasteiger partial charge is 0.488 e. The van der Waals surface area contributed by atoms with Crippen molar-refractivity contribution in [1.29, 1.82) is 0 Å². The molecule has 3 aromatic rings. The first-order valence-electron chi connectivity index (χ1n) is 13.8. The number of carbonyl (C=O) groups excluding carboxylic acids is 1. The number of aromatic nitrogens is 1. The average Bonchev–Trinajstić information content (AvgIpc) is 3.62. The van der Waals surface area contributed by atoms with E-state index in [0.717, 1.165) is 72.3 Å². The monoisotopic (exact) mass is 503 g/mol. The highest BCUT2D eigenvalue weighted by atomic mass is 16.6. The van der Waals surface area contributed by atoms with Gasteiger partial charge in [-0.3, -0.25) is 5.32 Å². The molecule has 3 N–H and O–H groups in total. The predicted molar refractivity (Wildman–Crippen MR) is 146 cm³/mol. The van der Waals surface area contributed by atoms with E-state index in [1.165, 1.54) is 19.3 Å². The highest BCUT2D eigenvalue weighted by Gasteiger charge is 2.28. The van der Waals surface area contributed by atoms with Gasteiger partial charge in [-0.25, -0.2) is 4.79 Å². The molecule has 2 unspecified atom stereocenters. The van der Waals surface area contributed by atoms with Crippen LogP contribution < -0.4 is 15.8 Å². The molecule has 1 aromatic heterocycles. The number of hydrogen-bond acceptors (Lipinski definition) is 5. The minimum atomic E-state index is -0.393. The van der Waals surface area contributed by atoms with Gasteiger partial charge < -0.3 is 24.5 Å². The van der Waals surface area contributed by atoms with E-state index in [0.29, 0.717) is 24.3 Å². The Bertz CT molecular complexity index is 1250. The second-order valence-electron chi connectivity index (χ2n) is 10.9. The zero-order valence-electron chi connectivity index (χ0n) is 21.6. The lowest BCUT2D eigenvalue weighted by atomic mass is 9.92. The number of nitrogens with one attached hydrogen (secondary N) is 1. The molecule has 2 heterocycles. The van der Waals surface area contributed by atoms with Crippen LogP contribution in [-0.4, -0.2) is 36.1 Å². The normalized spacial score (nSPS) is 21.2. The summed E-state index contributed by atoms with van der Waals surface area (Å²) in [4.78, 5) is 12.5. The standard InChI is InChI=1S/C30H37N3O4/c1-19(20-5-2-3-6-20)36-30(34)32-22-11-9-21(10-12-22)29-28(31)26-14-13-24(37-25-15-16-35-18-25)17-27(26)33(29)23-7-4-8-23/h9-14,17,19-20,23,25H,2-8,15-16,18,31H2,1H3,(H,32,34). The molecule has 0 radical (unpaired) electrons. The van der Waals surface area contributed by atoms with Crippen molar-refractivity contribution >= 4 is 28.4 Å². The van der Waals surface area contributed by atoms with Gasteiger partial charge in [-0.2, -0.15) is 0 Å². The molecule has 0 bridgehead atoms. The zero-order valence-corrected chi connectivity index (χ0v) is 21.6. The molecule has 1 saturated heterocycles. The van der Waals surface area contributed by atoms with Gasteiger partial charge in [-0.05, 0) is 69.2 Å². The number of ether oxygens (including phenoxy) is 3. The fraction of sp³-hybridized carbons (Fsp3) is 0.500. The summed E-state index contributed by atoms with van der Waals surface area (Å²) in [5.74, 6) is 1.33. The number of benzene rings is 2. The van der Waals surface area contributed by atoms with Crippen LogP contribution in [0.4, 0.5) is 16.2 Å². The number of rotatable bonds is 7. The predicted octanol–water partition coefficient (Wildman–Crippen LogP) is 6.91. The molecule has 1 aliphatic heterocycles. The van der Waals surface area contributed by atoms with Crippen LogP contribution in [0.2, 0.25) is 0 Å². The SMILES string of the molecule is CC(OC(=O)Nc1ccc(-c2c(N)c3ccc(OC4CCOC4)cc3n2C2CCC2)cc1)C1CCCC1. The Labute approximate surface area is 218 Å². The van der Waals surface area contributed by atoms with E-state index in [1.807, 2.05) is 37.3 Å². The van der Waals surface area contributed by atoms with Gasteiger partial charge in [0.15, 0.2) is 0 Å². The van der Waals surface area contributed by atoms with Crippen molar-refractivity contribution in [2.45, 2.75) is 76.5 Å². The Hall–Kier alpha value is -3.19. The maximum atomic E-state index is 12.5. The number of nitrogen functional groups attached to an aromatic ring is 1. The van der Waals surface area contributed by atoms with Gasteiger partial charge >= 0.3 is 6.09 Å². The molecule has 2 saturated carbocycles. The third-order valence-corrected chi connectivity index (χ3v) is 8.41. The van der Waals surface area contributed by atoms with E-state index in [-0.39, 0.29) is 12.2 Å². The molecule has 1 amide bonds. The van der Waals surface area contributed by atoms with Crippen LogP contribution in [0.1, 0.15) is 64.3 Å². The number of carbonyl (C=O) groups is 1. The molecular formula is C30H37N3O4. The Morgan fingerprint density at radius 1 is 1.05 bits per heavy atom. The van der Waals surface area contributed by atoms with Gasteiger partial charge in [0.2, 0.25) is 0 Å². The first-order valence-corrected chi connectivity index (χ1v) is 13.8. The topological polar surface area (TPSA) is 87.7 Å². The van der Waals surface area contributed by atoms with Crippen molar-refractivity contribution in [3.63, 3.8) is 0 Å². The summed E-state index contributed by atoms with van der Waals surface area (Å²) < 4.78 is 19.7. The minimum Gasteiger partial charge on any atom is -0.488 e. The van der Waals surface area contributed by atoms with Crippen molar-refractivity contribution in [2.75, 3.05) is 24.3 Å². The summed E-state index contributed by atoms with van der Waals surface area (Å²) in [5, 5.41) is 3.94. The fourth-order valence-electron chi connectivity index (χ4n) is 6.06. The van der Waals surface area contributed by atoms with E-state index >= 15 is 0 Å². The van der Waals surface area contributed by atoms with Gasteiger partial charge in [-0.1, -0.05) is 25.0 Å². The number of hydrogen-bond donors (Lipinski definition) is 2. The zero-order chi connectivity index (χ0) is 25.4. The molecule has 3 aliphatic rings. The number of anilines is 2. The maximum Gasteiger partial charge on any atom is 0.411 e. The Morgan fingerprint density at radius 2 is 1.84 bits per heavy atom. The third kappa shape index (κ3) is 4.89. The van der Waals surface area contributed by atoms with Crippen LogP contribution in [0, 0.1) is 5.92 Å². The first-order chi connectivity index (χ1) is 18.1. The van der Waals surface area contributed by atoms with Crippen LogP contribution >= 0.6 is 0 Å². The molecule has 2 aliphatic carbocycles. The minimum absolute atomic E-state index is 0.0604. The summed E-state index contributed by atoms with van der Waals surface area (Å²) in [6, 6.07) is 14.5. The second kappa shape index (κ2) is 10.3. The van der Waals surface area contributed by atoms with E-state index in [9.17, 15) is 4.79 Å². The molecule has 2 atom stereocenters. The Balaban J connectivity index is 1.24. The summed E-state index contributed by atoms with van der Waals surface area (Å²) in [6.45, 7) is 3.39. The number of nitrogens with two attached hydrogens (primary N) is 1. The Morgan fingerprint density at radius 3 is 2.51 bits per heavy atom. The van der Waals surface area contributed by atoms with E-state index in [4.69, 9.17) is 19.9 Å². The molecule has 7 heteroatoms. The lowest BCUT2D eigenvalue weighted by Gasteiger charge is -2.30. The summed E-state index contributed by atoms with van der Waals surface area (Å²) >= 11 is 0.